The fraction of sp³-hybridized carbons (Fsp3) is 0.471. The third-order valence-corrected chi connectivity index (χ3v) is 5.19. The van der Waals surface area contributed by atoms with Crippen LogP contribution in [0.15, 0.2) is 24.3 Å². The van der Waals surface area contributed by atoms with Crippen molar-refractivity contribution in [3.63, 3.8) is 0 Å². The Labute approximate surface area is 144 Å². The van der Waals surface area contributed by atoms with Gasteiger partial charge in [0.2, 0.25) is 17.4 Å². The van der Waals surface area contributed by atoms with Crippen LogP contribution in [0, 0.1) is 11.8 Å². The molecule has 2 saturated heterocycles. The van der Waals surface area contributed by atoms with E-state index in [9.17, 15) is 24.6 Å². The van der Waals surface area contributed by atoms with Gasteiger partial charge in [-0.2, -0.15) is 0 Å². The van der Waals surface area contributed by atoms with Gasteiger partial charge in [-0.25, -0.2) is 4.79 Å². The van der Waals surface area contributed by atoms with Crippen molar-refractivity contribution in [2.75, 3.05) is 20.3 Å². The zero-order valence-electron chi connectivity index (χ0n) is 14.0. The first-order valence-electron chi connectivity index (χ1n) is 8.11. The molecule has 2 amide bonds. The summed E-state index contributed by atoms with van der Waals surface area (Å²) in [4.78, 5) is 38.9. The molecule has 2 fully saturated rings. The molecular formula is C17H21N2O6+. The van der Waals surface area contributed by atoms with Crippen molar-refractivity contribution in [1.29, 1.82) is 0 Å². The molecule has 8 heteroatoms. The summed E-state index contributed by atoms with van der Waals surface area (Å²) in [7, 11) is 1.38. The van der Waals surface area contributed by atoms with Gasteiger partial charge in [0, 0.05) is 12.6 Å². The Kier molecular flexibility index (Phi) is 4.26. The van der Waals surface area contributed by atoms with E-state index in [1.54, 1.807) is 24.4 Å². The number of amides is 2. The second-order valence-electron chi connectivity index (χ2n) is 6.44. The van der Waals surface area contributed by atoms with Gasteiger partial charge in [-0.15, -0.1) is 0 Å². The molecule has 25 heavy (non-hydrogen) atoms. The molecule has 2 aliphatic heterocycles. The summed E-state index contributed by atoms with van der Waals surface area (Å²) in [6.07, 6.45) is 0. The number of nitrogens with zero attached hydrogens (tertiary/aromatic N) is 1. The average molecular weight is 349 g/mol. The van der Waals surface area contributed by atoms with E-state index in [-0.39, 0.29) is 18.3 Å². The van der Waals surface area contributed by atoms with Crippen molar-refractivity contribution in [3.8, 4) is 5.75 Å². The first-order chi connectivity index (χ1) is 11.9. The standard InChI is InChI=1S/C17H20N2O6/c1-3-25-16(24)17(8-20)12-11(14(22)19(2)15(12)23)13(18-17)9-4-6-10(21)7-5-9/h4-7,11-13,18,20-21H,3,8H2,1-2H3/p+1/t11-,12-,13-,17+/m0/s1. The van der Waals surface area contributed by atoms with Crippen molar-refractivity contribution in [1.82, 2.24) is 4.90 Å². The molecule has 4 N–H and O–H groups in total. The van der Waals surface area contributed by atoms with E-state index in [1.807, 2.05) is 0 Å². The van der Waals surface area contributed by atoms with Crippen LogP contribution in [0.25, 0.3) is 0 Å². The number of ether oxygens (including phenoxy) is 1. The van der Waals surface area contributed by atoms with Crippen molar-refractivity contribution in [3.05, 3.63) is 29.8 Å². The van der Waals surface area contributed by atoms with E-state index >= 15 is 0 Å². The van der Waals surface area contributed by atoms with Crippen LogP contribution >= 0.6 is 0 Å². The van der Waals surface area contributed by atoms with Crippen LogP contribution in [0.5, 0.6) is 5.75 Å². The molecule has 0 saturated carbocycles. The molecule has 0 bridgehead atoms. The van der Waals surface area contributed by atoms with Crippen molar-refractivity contribution < 1.29 is 34.7 Å². The van der Waals surface area contributed by atoms with Gasteiger partial charge in [-0.05, 0) is 31.2 Å². The number of aliphatic hydroxyl groups is 1. The number of carbonyl (C=O) groups is 3. The van der Waals surface area contributed by atoms with E-state index in [0.29, 0.717) is 5.56 Å². The molecule has 0 radical (unpaired) electrons. The van der Waals surface area contributed by atoms with E-state index < -0.39 is 41.9 Å². The predicted molar refractivity (Wildman–Crippen MR) is 84.0 cm³/mol. The Bertz CT molecular complexity index is 718. The van der Waals surface area contributed by atoms with Gasteiger partial charge in [0.1, 0.15) is 30.2 Å². The highest BCUT2D eigenvalue weighted by atomic mass is 16.5. The number of quaternary nitrogens is 1. The molecule has 0 aliphatic carbocycles. The monoisotopic (exact) mass is 349 g/mol. The van der Waals surface area contributed by atoms with Crippen LogP contribution in [0.2, 0.25) is 0 Å². The number of carbonyl (C=O) groups excluding carboxylic acids is 3. The number of phenolic OH excluding ortho intramolecular Hbond substituents is 1. The topological polar surface area (TPSA) is 121 Å². The maximum atomic E-state index is 12.6. The molecule has 0 spiro atoms. The first-order valence-corrected chi connectivity index (χ1v) is 8.11. The van der Waals surface area contributed by atoms with Crippen LogP contribution < -0.4 is 5.32 Å². The third kappa shape index (κ3) is 2.40. The van der Waals surface area contributed by atoms with Gasteiger partial charge < -0.3 is 20.3 Å². The number of aliphatic hydroxyl groups excluding tert-OH is 1. The molecule has 2 heterocycles. The highest BCUT2D eigenvalue weighted by Crippen LogP contribution is 2.44. The Hall–Kier alpha value is -2.45. The number of imide groups is 1. The Morgan fingerprint density at radius 1 is 1.28 bits per heavy atom. The second kappa shape index (κ2) is 6.12. The molecule has 134 valence electrons. The number of rotatable bonds is 4. The van der Waals surface area contributed by atoms with E-state index in [2.05, 4.69) is 0 Å². The zero-order valence-corrected chi connectivity index (χ0v) is 14.0. The molecule has 8 nitrogen and oxygen atoms in total. The van der Waals surface area contributed by atoms with Gasteiger partial charge in [0.05, 0.1) is 6.61 Å². The molecule has 3 rings (SSSR count). The third-order valence-electron chi connectivity index (χ3n) is 5.19. The molecule has 1 aromatic rings. The Balaban J connectivity index is 2.10. The lowest BCUT2D eigenvalue weighted by Gasteiger charge is -2.27. The minimum absolute atomic E-state index is 0.0723. The number of hydrogen-bond acceptors (Lipinski definition) is 6. The normalized spacial score (nSPS) is 31.3. The SMILES string of the molecule is CCOC(=O)[C@]1(CO)[NH2+][C@@H](c2ccc(O)cc2)[C@H]2C(=O)N(C)C(=O)[C@H]21. The predicted octanol–water partition coefficient (Wildman–Crippen LogP) is -1.46. The van der Waals surface area contributed by atoms with Crippen LogP contribution in [-0.2, 0) is 19.1 Å². The molecular weight excluding hydrogens is 328 g/mol. The summed E-state index contributed by atoms with van der Waals surface area (Å²) in [5.41, 5.74) is -0.871. The van der Waals surface area contributed by atoms with Crippen LogP contribution in [0.3, 0.4) is 0 Å². The summed E-state index contributed by atoms with van der Waals surface area (Å²) in [5, 5.41) is 21.0. The van der Waals surface area contributed by atoms with Crippen LogP contribution in [-0.4, -0.2) is 58.7 Å². The molecule has 2 aliphatic rings. The molecule has 0 aromatic heterocycles. The van der Waals surface area contributed by atoms with Gasteiger partial charge in [0.25, 0.3) is 0 Å². The Morgan fingerprint density at radius 2 is 1.92 bits per heavy atom. The minimum atomic E-state index is -1.55. The van der Waals surface area contributed by atoms with E-state index in [4.69, 9.17) is 4.74 Å². The first kappa shape index (κ1) is 17.4. The smallest absolute Gasteiger partial charge is 0.371 e. The van der Waals surface area contributed by atoms with E-state index in [0.717, 1.165) is 4.90 Å². The van der Waals surface area contributed by atoms with Crippen molar-refractivity contribution >= 4 is 17.8 Å². The summed E-state index contributed by atoms with van der Waals surface area (Å²) >= 11 is 0. The summed E-state index contributed by atoms with van der Waals surface area (Å²) < 4.78 is 5.10. The number of aromatic hydroxyl groups is 1. The number of benzene rings is 1. The number of hydrogen-bond donors (Lipinski definition) is 3. The maximum absolute atomic E-state index is 12.6. The summed E-state index contributed by atoms with van der Waals surface area (Å²) in [5.74, 6) is -3.28. The lowest BCUT2D eigenvalue weighted by molar-refractivity contribution is -0.735. The lowest BCUT2D eigenvalue weighted by Crippen LogP contribution is -2.99. The van der Waals surface area contributed by atoms with Gasteiger partial charge in [-0.1, -0.05) is 0 Å². The number of nitrogens with two attached hydrogens (primary N) is 1. The van der Waals surface area contributed by atoms with Crippen LogP contribution in [0.4, 0.5) is 0 Å². The maximum Gasteiger partial charge on any atom is 0.371 e. The van der Waals surface area contributed by atoms with Gasteiger partial charge in [0.15, 0.2) is 0 Å². The quantitative estimate of drug-likeness (QED) is 0.451. The van der Waals surface area contributed by atoms with E-state index in [1.165, 1.54) is 19.2 Å². The number of phenols is 1. The highest BCUT2D eigenvalue weighted by molar-refractivity contribution is 6.08. The fourth-order valence-corrected chi connectivity index (χ4v) is 3.94. The lowest BCUT2D eigenvalue weighted by atomic mass is 9.79. The van der Waals surface area contributed by atoms with Gasteiger partial charge >= 0.3 is 5.97 Å². The average Bonchev–Trinajstić information content (AvgIpc) is 3.06. The Morgan fingerprint density at radius 3 is 2.48 bits per heavy atom. The second-order valence-corrected chi connectivity index (χ2v) is 6.44. The molecule has 4 atom stereocenters. The fourth-order valence-electron chi connectivity index (χ4n) is 3.94. The number of likely N-dealkylation sites (tertiary alicyclic amines) is 1. The van der Waals surface area contributed by atoms with Crippen molar-refractivity contribution in [2.45, 2.75) is 18.5 Å². The van der Waals surface area contributed by atoms with Crippen LogP contribution in [0.1, 0.15) is 18.5 Å². The van der Waals surface area contributed by atoms with Gasteiger partial charge in [-0.3, -0.25) is 14.5 Å². The highest BCUT2D eigenvalue weighted by Gasteiger charge is 2.72. The number of esters is 1. The summed E-state index contributed by atoms with van der Waals surface area (Å²) in [6, 6.07) is 5.70. The largest absolute Gasteiger partial charge is 0.508 e. The molecule has 1 aromatic carbocycles. The zero-order chi connectivity index (χ0) is 18.4. The molecule has 0 unspecified atom stereocenters. The summed E-state index contributed by atoms with van der Waals surface area (Å²) in [6.45, 7) is 1.13. The van der Waals surface area contributed by atoms with Crippen molar-refractivity contribution in [2.24, 2.45) is 11.8 Å². The minimum Gasteiger partial charge on any atom is -0.508 e. The number of fused-ring (bicyclic) bond motifs is 1.